The Morgan fingerprint density at radius 2 is 1.82 bits per heavy atom. The van der Waals surface area contributed by atoms with Crippen molar-refractivity contribution >= 4 is 5.78 Å². The molecule has 0 unspecified atom stereocenters. The van der Waals surface area contributed by atoms with Crippen LogP contribution < -0.4 is 0 Å². The van der Waals surface area contributed by atoms with Crippen LogP contribution in [0, 0.1) is 10.1 Å². The highest BCUT2D eigenvalue weighted by molar-refractivity contribution is 5.78. The molecule has 1 heterocycles. The summed E-state index contributed by atoms with van der Waals surface area (Å²) in [5.74, 6) is 0.152. The van der Waals surface area contributed by atoms with Gasteiger partial charge in [0.25, 0.3) is 0 Å². The molecule has 1 aromatic rings. The van der Waals surface area contributed by atoms with E-state index in [1.807, 2.05) is 19.1 Å². The summed E-state index contributed by atoms with van der Waals surface area (Å²) in [6.45, 7) is 1.93. The van der Waals surface area contributed by atoms with E-state index in [2.05, 4.69) is 4.42 Å². The van der Waals surface area contributed by atoms with Gasteiger partial charge in [-0.25, -0.2) is 0 Å². The SMILES string of the molecule is CCCCC(=O)CCC[N+](=O)[O-].c1ccoc1. The number of carbonyl (C=O) groups excluding carboxylic acids is 1. The number of nitro groups is 1. The van der Waals surface area contributed by atoms with Gasteiger partial charge in [0.15, 0.2) is 0 Å². The Morgan fingerprint density at radius 3 is 2.24 bits per heavy atom. The van der Waals surface area contributed by atoms with Crippen molar-refractivity contribution in [3.63, 3.8) is 0 Å². The van der Waals surface area contributed by atoms with E-state index in [0.29, 0.717) is 19.3 Å². The molecular weight excluding hydrogens is 222 g/mol. The third kappa shape index (κ3) is 12.3. The summed E-state index contributed by atoms with van der Waals surface area (Å²) in [6, 6.07) is 3.67. The van der Waals surface area contributed by atoms with E-state index in [9.17, 15) is 14.9 Å². The highest BCUT2D eigenvalue weighted by Crippen LogP contribution is 2.00. The lowest BCUT2D eigenvalue weighted by Crippen LogP contribution is -2.04. The molecule has 1 rings (SSSR count). The average molecular weight is 241 g/mol. The second-order valence-electron chi connectivity index (χ2n) is 3.60. The van der Waals surface area contributed by atoms with Crippen molar-refractivity contribution in [3.05, 3.63) is 34.8 Å². The molecule has 0 spiro atoms. The number of ketones is 1. The molecule has 0 saturated carbocycles. The first-order valence-corrected chi connectivity index (χ1v) is 5.77. The smallest absolute Gasteiger partial charge is 0.204 e. The lowest BCUT2D eigenvalue weighted by atomic mass is 10.1. The molecule has 0 aromatic carbocycles. The fourth-order valence-corrected chi connectivity index (χ4v) is 1.13. The maximum absolute atomic E-state index is 11.0. The molecular formula is C12H19NO4. The molecule has 0 saturated heterocycles. The minimum absolute atomic E-state index is 0.0855. The van der Waals surface area contributed by atoms with E-state index < -0.39 is 0 Å². The van der Waals surface area contributed by atoms with E-state index in [-0.39, 0.29) is 17.3 Å². The minimum Gasteiger partial charge on any atom is -0.473 e. The lowest BCUT2D eigenvalue weighted by Gasteiger charge is -1.96. The van der Waals surface area contributed by atoms with Crippen molar-refractivity contribution in [2.75, 3.05) is 6.54 Å². The molecule has 0 fully saturated rings. The molecule has 0 aliphatic carbocycles. The first kappa shape index (κ1) is 15.3. The Labute approximate surface area is 101 Å². The molecule has 0 aliphatic rings. The molecule has 0 radical (unpaired) electrons. The van der Waals surface area contributed by atoms with Gasteiger partial charge in [0, 0.05) is 24.2 Å². The minimum atomic E-state index is -0.382. The summed E-state index contributed by atoms with van der Waals surface area (Å²) in [5.41, 5.74) is 0. The fourth-order valence-electron chi connectivity index (χ4n) is 1.13. The van der Waals surface area contributed by atoms with Gasteiger partial charge in [-0.2, -0.15) is 0 Å². The lowest BCUT2D eigenvalue weighted by molar-refractivity contribution is -0.480. The highest BCUT2D eigenvalue weighted by Gasteiger charge is 2.03. The van der Waals surface area contributed by atoms with Gasteiger partial charge in [0.05, 0.1) is 12.5 Å². The number of carbonyl (C=O) groups is 1. The van der Waals surface area contributed by atoms with E-state index in [1.165, 1.54) is 0 Å². The molecule has 0 bridgehead atoms. The highest BCUT2D eigenvalue weighted by atomic mass is 16.6. The number of furan rings is 1. The van der Waals surface area contributed by atoms with Crippen LogP contribution in [0.25, 0.3) is 0 Å². The molecule has 1 aromatic heterocycles. The number of hydrogen-bond acceptors (Lipinski definition) is 4. The molecule has 0 amide bonds. The van der Waals surface area contributed by atoms with E-state index in [1.54, 1.807) is 12.5 Å². The molecule has 0 aliphatic heterocycles. The van der Waals surface area contributed by atoms with Crippen LogP contribution in [0.2, 0.25) is 0 Å². The molecule has 5 heteroatoms. The Balaban J connectivity index is 0.000000419. The molecule has 0 atom stereocenters. The Kier molecular flexibility index (Phi) is 9.80. The van der Waals surface area contributed by atoms with Gasteiger partial charge in [-0.15, -0.1) is 0 Å². The number of hydrogen-bond donors (Lipinski definition) is 0. The third-order valence-corrected chi connectivity index (χ3v) is 2.03. The summed E-state index contributed by atoms with van der Waals surface area (Å²) in [5, 5.41) is 9.89. The van der Waals surface area contributed by atoms with Crippen LogP contribution in [0.5, 0.6) is 0 Å². The Hall–Kier alpha value is -1.65. The Morgan fingerprint density at radius 1 is 1.24 bits per heavy atom. The van der Waals surface area contributed by atoms with Crippen LogP contribution in [0.3, 0.4) is 0 Å². The summed E-state index contributed by atoms with van der Waals surface area (Å²) in [4.78, 5) is 20.5. The van der Waals surface area contributed by atoms with Crippen LogP contribution in [-0.2, 0) is 4.79 Å². The van der Waals surface area contributed by atoms with Crippen LogP contribution in [0.15, 0.2) is 29.1 Å². The third-order valence-electron chi connectivity index (χ3n) is 2.03. The molecule has 5 nitrogen and oxygen atoms in total. The van der Waals surface area contributed by atoms with Gasteiger partial charge < -0.3 is 4.42 Å². The van der Waals surface area contributed by atoms with Crippen molar-refractivity contribution in [1.29, 1.82) is 0 Å². The monoisotopic (exact) mass is 241 g/mol. The van der Waals surface area contributed by atoms with Crippen molar-refractivity contribution in [2.24, 2.45) is 0 Å². The summed E-state index contributed by atoms with van der Waals surface area (Å²) < 4.78 is 4.58. The predicted molar refractivity (Wildman–Crippen MR) is 64.3 cm³/mol. The maximum Gasteiger partial charge on any atom is 0.204 e. The predicted octanol–water partition coefficient (Wildman–Crippen LogP) is 3.08. The van der Waals surface area contributed by atoms with Crippen LogP contribution >= 0.6 is 0 Å². The second-order valence-corrected chi connectivity index (χ2v) is 3.60. The first-order valence-electron chi connectivity index (χ1n) is 5.77. The molecule has 17 heavy (non-hydrogen) atoms. The average Bonchev–Trinajstić information content (AvgIpc) is 2.84. The summed E-state index contributed by atoms with van der Waals surface area (Å²) >= 11 is 0. The van der Waals surface area contributed by atoms with Gasteiger partial charge in [0.2, 0.25) is 6.54 Å². The van der Waals surface area contributed by atoms with Gasteiger partial charge in [-0.1, -0.05) is 13.3 Å². The van der Waals surface area contributed by atoms with Crippen LogP contribution in [-0.4, -0.2) is 17.3 Å². The van der Waals surface area contributed by atoms with E-state index in [0.717, 1.165) is 12.8 Å². The normalized spacial score (nSPS) is 9.24. The van der Waals surface area contributed by atoms with Gasteiger partial charge in [-0.3, -0.25) is 14.9 Å². The van der Waals surface area contributed by atoms with Crippen molar-refractivity contribution in [3.8, 4) is 0 Å². The maximum atomic E-state index is 11.0. The van der Waals surface area contributed by atoms with Gasteiger partial charge in [0.1, 0.15) is 5.78 Å². The van der Waals surface area contributed by atoms with E-state index in [4.69, 9.17) is 0 Å². The zero-order valence-corrected chi connectivity index (χ0v) is 10.1. The summed E-state index contributed by atoms with van der Waals surface area (Å²) in [7, 11) is 0. The summed E-state index contributed by atoms with van der Waals surface area (Å²) in [6.07, 6.45) is 6.48. The number of unbranched alkanes of at least 4 members (excludes halogenated alkanes) is 1. The zero-order valence-electron chi connectivity index (χ0n) is 10.1. The van der Waals surface area contributed by atoms with Crippen molar-refractivity contribution in [2.45, 2.75) is 39.0 Å². The van der Waals surface area contributed by atoms with E-state index >= 15 is 0 Å². The number of nitrogens with zero attached hydrogens (tertiary/aromatic N) is 1. The zero-order chi connectivity index (χ0) is 12.9. The standard InChI is InChI=1S/C8H15NO3.C4H4O/c1-2-3-5-8(10)6-4-7-9(11)12;1-2-4-5-3-1/h2-7H2,1H3;1-4H. The number of Topliss-reactive ketones (excluding diaryl/α,β-unsaturated/α-hetero) is 1. The Bertz CT molecular complexity index is 278. The molecule has 96 valence electrons. The largest absolute Gasteiger partial charge is 0.473 e. The topological polar surface area (TPSA) is 73.3 Å². The number of rotatable bonds is 7. The first-order chi connectivity index (χ1) is 8.16. The van der Waals surface area contributed by atoms with Gasteiger partial charge in [-0.05, 0) is 18.6 Å². The van der Waals surface area contributed by atoms with Gasteiger partial charge >= 0.3 is 0 Å². The second kappa shape index (κ2) is 10.9. The van der Waals surface area contributed by atoms with Crippen LogP contribution in [0.1, 0.15) is 39.0 Å². The van der Waals surface area contributed by atoms with Crippen molar-refractivity contribution in [1.82, 2.24) is 0 Å². The van der Waals surface area contributed by atoms with Crippen LogP contribution in [0.4, 0.5) is 0 Å². The van der Waals surface area contributed by atoms with Crippen molar-refractivity contribution < 1.29 is 14.1 Å². The molecule has 0 N–H and O–H groups in total. The quantitative estimate of drug-likeness (QED) is 0.543. The fraction of sp³-hybridized carbons (Fsp3) is 0.583.